The molecule has 4 nitrogen and oxygen atoms in total. The molecule has 0 unspecified atom stereocenters. The molecule has 124 valence electrons. The fourth-order valence-electron chi connectivity index (χ4n) is 3.05. The van der Waals surface area contributed by atoms with Crippen LogP contribution in [0.5, 0.6) is 0 Å². The molecule has 1 aromatic heterocycles. The highest BCUT2D eigenvalue weighted by Crippen LogP contribution is 2.28. The van der Waals surface area contributed by atoms with Crippen LogP contribution in [0.25, 0.3) is 11.1 Å². The van der Waals surface area contributed by atoms with Crippen molar-refractivity contribution >= 4 is 5.91 Å². The smallest absolute Gasteiger partial charge is 0.254 e. The van der Waals surface area contributed by atoms with E-state index >= 15 is 0 Å². The fraction of sp³-hybridized carbons (Fsp3) is 0.474. The summed E-state index contributed by atoms with van der Waals surface area (Å²) in [5.74, 6) is 0.0780. The summed E-state index contributed by atoms with van der Waals surface area (Å²) in [4.78, 5) is 15.0. The van der Waals surface area contributed by atoms with Crippen LogP contribution in [-0.2, 0) is 6.54 Å². The Hall–Kier alpha value is -2.10. The van der Waals surface area contributed by atoms with Crippen molar-refractivity contribution in [3.63, 3.8) is 0 Å². The van der Waals surface area contributed by atoms with Gasteiger partial charge in [-0.15, -0.1) is 0 Å². The second-order valence-corrected chi connectivity index (χ2v) is 6.43. The number of amides is 1. The summed E-state index contributed by atoms with van der Waals surface area (Å²) < 4.78 is 1.91. The van der Waals surface area contributed by atoms with Gasteiger partial charge in [-0.25, -0.2) is 0 Å². The monoisotopic (exact) mass is 313 g/mol. The third kappa shape index (κ3) is 3.46. The second kappa shape index (κ2) is 6.99. The van der Waals surface area contributed by atoms with Crippen molar-refractivity contribution in [2.75, 3.05) is 0 Å². The zero-order valence-electron chi connectivity index (χ0n) is 15.0. The van der Waals surface area contributed by atoms with Crippen molar-refractivity contribution in [2.24, 2.45) is 0 Å². The van der Waals surface area contributed by atoms with Crippen LogP contribution in [0, 0.1) is 6.92 Å². The molecule has 0 radical (unpaired) electrons. The highest BCUT2D eigenvalue weighted by atomic mass is 16.2. The molecule has 0 saturated heterocycles. The van der Waals surface area contributed by atoms with Crippen molar-refractivity contribution in [1.82, 2.24) is 14.7 Å². The summed E-state index contributed by atoms with van der Waals surface area (Å²) in [5, 5.41) is 4.51. The number of aromatic nitrogens is 2. The normalized spacial score (nSPS) is 11.3. The van der Waals surface area contributed by atoms with Gasteiger partial charge in [0.05, 0.1) is 5.69 Å². The molecule has 0 fully saturated rings. The summed E-state index contributed by atoms with van der Waals surface area (Å²) >= 11 is 0. The number of benzene rings is 1. The molecule has 0 aliphatic rings. The van der Waals surface area contributed by atoms with E-state index in [2.05, 4.69) is 39.7 Å². The first kappa shape index (κ1) is 17.3. The van der Waals surface area contributed by atoms with Crippen molar-refractivity contribution in [3.05, 3.63) is 41.7 Å². The number of rotatable bonds is 5. The molecule has 0 aliphatic heterocycles. The molecule has 1 aromatic carbocycles. The molecule has 0 saturated carbocycles. The molecule has 0 bridgehead atoms. The minimum absolute atomic E-state index is 0.0780. The number of carbonyl (C=O) groups excluding carboxylic acids is 1. The first-order valence-electron chi connectivity index (χ1n) is 8.32. The highest BCUT2D eigenvalue weighted by molar-refractivity contribution is 6.01. The summed E-state index contributed by atoms with van der Waals surface area (Å²) in [6.07, 6.45) is 2.02. The minimum Gasteiger partial charge on any atom is -0.334 e. The lowest BCUT2D eigenvalue weighted by molar-refractivity contribution is 0.0644. The van der Waals surface area contributed by atoms with Crippen LogP contribution in [0.1, 0.15) is 50.7 Å². The third-order valence-electron chi connectivity index (χ3n) is 4.07. The van der Waals surface area contributed by atoms with Crippen LogP contribution in [0.15, 0.2) is 30.5 Å². The Bertz CT molecular complexity index is 678. The van der Waals surface area contributed by atoms with Crippen LogP contribution < -0.4 is 0 Å². The number of nitrogens with zero attached hydrogens (tertiary/aromatic N) is 3. The lowest BCUT2D eigenvalue weighted by atomic mass is 9.98. The predicted octanol–water partition coefficient (Wildman–Crippen LogP) is 4.14. The van der Waals surface area contributed by atoms with Crippen molar-refractivity contribution in [3.8, 4) is 11.1 Å². The Kier molecular flexibility index (Phi) is 5.24. The van der Waals surface area contributed by atoms with E-state index in [0.717, 1.165) is 28.9 Å². The molecule has 0 spiro atoms. The van der Waals surface area contributed by atoms with Crippen molar-refractivity contribution in [1.29, 1.82) is 0 Å². The van der Waals surface area contributed by atoms with E-state index in [0.29, 0.717) is 0 Å². The number of hydrogen-bond donors (Lipinski definition) is 0. The minimum atomic E-state index is 0.0780. The van der Waals surface area contributed by atoms with Gasteiger partial charge in [-0.1, -0.05) is 18.2 Å². The second-order valence-electron chi connectivity index (χ2n) is 6.43. The molecule has 2 aromatic rings. The van der Waals surface area contributed by atoms with Crippen molar-refractivity contribution in [2.45, 2.75) is 60.2 Å². The number of aryl methyl sites for hydroxylation is 2. The Balaban J connectivity index is 2.53. The van der Waals surface area contributed by atoms with E-state index < -0.39 is 0 Å². The SMILES string of the molecule is CCn1cc(-c2ccccc2C(=O)N(C(C)C)C(C)C)c(C)n1. The van der Waals surface area contributed by atoms with Gasteiger partial charge >= 0.3 is 0 Å². The van der Waals surface area contributed by atoms with Gasteiger partial charge in [-0.05, 0) is 53.2 Å². The summed E-state index contributed by atoms with van der Waals surface area (Å²) in [7, 11) is 0. The molecule has 23 heavy (non-hydrogen) atoms. The Morgan fingerprint density at radius 2 is 1.74 bits per heavy atom. The average molecular weight is 313 g/mol. The first-order chi connectivity index (χ1) is 10.9. The fourth-order valence-corrected chi connectivity index (χ4v) is 3.05. The third-order valence-corrected chi connectivity index (χ3v) is 4.07. The predicted molar refractivity (Wildman–Crippen MR) is 94.5 cm³/mol. The first-order valence-corrected chi connectivity index (χ1v) is 8.32. The Morgan fingerprint density at radius 1 is 1.13 bits per heavy atom. The number of carbonyl (C=O) groups is 1. The van der Waals surface area contributed by atoms with Gasteiger partial charge in [0, 0.05) is 36.0 Å². The molecular formula is C19H27N3O. The van der Waals surface area contributed by atoms with E-state index in [1.165, 1.54) is 0 Å². The van der Waals surface area contributed by atoms with E-state index in [9.17, 15) is 4.79 Å². The van der Waals surface area contributed by atoms with Gasteiger partial charge < -0.3 is 4.90 Å². The maximum Gasteiger partial charge on any atom is 0.254 e. The molecule has 0 N–H and O–H groups in total. The maximum atomic E-state index is 13.1. The molecule has 0 aliphatic carbocycles. The van der Waals surface area contributed by atoms with Gasteiger partial charge in [-0.2, -0.15) is 5.10 Å². The summed E-state index contributed by atoms with van der Waals surface area (Å²) in [6.45, 7) is 13.1. The zero-order valence-corrected chi connectivity index (χ0v) is 15.0. The van der Waals surface area contributed by atoms with Gasteiger partial charge in [0.2, 0.25) is 0 Å². The van der Waals surface area contributed by atoms with Gasteiger partial charge in [0.15, 0.2) is 0 Å². The van der Waals surface area contributed by atoms with Gasteiger partial charge in [0.25, 0.3) is 5.91 Å². The lowest BCUT2D eigenvalue weighted by Crippen LogP contribution is -2.42. The van der Waals surface area contributed by atoms with Gasteiger partial charge in [-0.3, -0.25) is 9.48 Å². The lowest BCUT2D eigenvalue weighted by Gasteiger charge is -2.31. The van der Waals surface area contributed by atoms with Crippen LogP contribution in [0.4, 0.5) is 0 Å². The van der Waals surface area contributed by atoms with E-state index in [1.54, 1.807) is 0 Å². The molecule has 4 heteroatoms. The zero-order chi connectivity index (χ0) is 17.1. The largest absolute Gasteiger partial charge is 0.334 e. The van der Waals surface area contributed by atoms with Crippen LogP contribution in [0.3, 0.4) is 0 Å². The molecule has 1 amide bonds. The number of hydrogen-bond acceptors (Lipinski definition) is 2. The highest BCUT2D eigenvalue weighted by Gasteiger charge is 2.24. The van der Waals surface area contributed by atoms with Crippen LogP contribution in [-0.4, -0.2) is 32.7 Å². The average Bonchev–Trinajstić information content (AvgIpc) is 2.87. The summed E-state index contributed by atoms with van der Waals surface area (Å²) in [5.41, 5.74) is 3.69. The topological polar surface area (TPSA) is 38.1 Å². The van der Waals surface area contributed by atoms with Gasteiger partial charge in [0.1, 0.15) is 0 Å². The van der Waals surface area contributed by atoms with Crippen LogP contribution >= 0.6 is 0 Å². The van der Waals surface area contributed by atoms with Crippen molar-refractivity contribution < 1.29 is 4.79 Å². The molecular weight excluding hydrogens is 286 g/mol. The Labute approximate surface area is 139 Å². The molecule has 1 heterocycles. The van der Waals surface area contributed by atoms with Crippen LogP contribution in [0.2, 0.25) is 0 Å². The standard InChI is InChI=1S/C19H27N3O/c1-7-21-12-18(15(6)20-21)16-10-8-9-11-17(16)19(23)22(13(2)3)14(4)5/h8-14H,7H2,1-6H3. The van der Waals surface area contributed by atoms with E-state index in [1.807, 2.05) is 47.0 Å². The summed E-state index contributed by atoms with van der Waals surface area (Å²) in [6, 6.07) is 8.15. The Morgan fingerprint density at radius 3 is 2.26 bits per heavy atom. The van der Waals surface area contributed by atoms with E-state index in [-0.39, 0.29) is 18.0 Å². The molecule has 0 atom stereocenters. The molecule has 2 rings (SSSR count). The maximum absolute atomic E-state index is 13.1. The quantitative estimate of drug-likeness (QED) is 0.832. The van der Waals surface area contributed by atoms with E-state index in [4.69, 9.17) is 0 Å².